The predicted octanol–water partition coefficient (Wildman–Crippen LogP) is 3.14. The van der Waals surface area contributed by atoms with Crippen molar-refractivity contribution in [1.29, 1.82) is 0 Å². The molecule has 1 atom stereocenters. The zero-order valence-corrected chi connectivity index (χ0v) is 10.5. The maximum absolute atomic E-state index is 5.16. The number of nitrogens with one attached hydrogen (secondary N) is 1. The number of rotatable bonds is 4. The predicted molar refractivity (Wildman–Crippen MR) is 67.7 cm³/mol. The summed E-state index contributed by atoms with van der Waals surface area (Å²) in [6.07, 6.45) is 0. The van der Waals surface area contributed by atoms with Gasteiger partial charge in [0.1, 0.15) is 0 Å². The van der Waals surface area contributed by atoms with Gasteiger partial charge in [-0.05, 0) is 26.3 Å². The van der Waals surface area contributed by atoms with E-state index in [-0.39, 0.29) is 0 Å². The van der Waals surface area contributed by atoms with Crippen LogP contribution in [-0.4, -0.2) is 5.16 Å². The van der Waals surface area contributed by atoms with E-state index in [1.54, 1.807) is 0 Å². The highest BCUT2D eigenvalue weighted by molar-refractivity contribution is 5.23. The molecular formula is C14H18N2O. The Bertz CT molecular complexity index is 473. The van der Waals surface area contributed by atoms with Crippen LogP contribution in [0, 0.1) is 13.8 Å². The maximum Gasteiger partial charge on any atom is 0.150 e. The van der Waals surface area contributed by atoms with Crippen LogP contribution < -0.4 is 5.32 Å². The number of aryl methyl sites for hydroxylation is 2. The zero-order chi connectivity index (χ0) is 12.3. The number of nitrogens with zero attached hydrogens (tertiary/aromatic N) is 1. The van der Waals surface area contributed by atoms with Gasteiger partial charge in [-0.2, -0.15) is 0 Å². The molecule has 2 aromatic rings. The molecule has 0 bridgehead atoms. The highest BCUT2D eigenvalue weighted by Gasteiger charge is 2.06. The standard InChI is InChI=1S/C14H18N2O/c1-10-4-6-13(7-5-10)12(3)15-9-14-8-11(2)16-17-14/h4-8,12,15H,9H2,1-3H3. The van der Waals surface area contributed by atoms with Crippen LogP contribution in [0.25, 0.3) is 0 Å². The van der Waals surface area contributed by atoms with Gasteiger partial charge < -0.3 is 9.84 Å². The third-order valence-corrected chi connectivity index (χ3v) is 2.84. The van der Waals surface area contributed by atoms with Gasteiger partial charge in [-0.1, -0.05) is 35.0 Å². The molecule has 3 heteroatoms. The number of aromatic nitrogens is 1. The first-order valence-electron chi connectivity index (χ1n) is 5.87. The molecule has 1 N–H and O–H groups in total. The maximum atomic E-state index is 5.16. The molecule has 2 rings (SSSR count). The summed E-state index contributed by atoms with van der Waals surface area (Å²) in [6, 6.07) is 10.8. The molecule has 1 aromatic heterocycles. The summed E-state index contributed by atoms with van der Waals surface area (Å²) in [4.78, 5) is 0. The quantitative estimate of drug-likeness (QED) is 0.876. The molecule has 90 valence electrons. The molecule has 0 fully saturated rings. The summed E-state index contributed by atoms with van der Waals surface area (Å²) in [7, 11) is 0. The monoisotopic (exact) mass is 230 g/mol. The summed E-state index contributed by atoms with van der Waals surface area (Å²) in [5.41, 5.74) is 3.49. The zero-order valence-electron chi connectivity index (χ0n) is 10.5. The molecule has 0 radical (unpaired) electrons. The largest absolute Gasteiger partial charge is 0.360 e. The third kappa shape index (κ3) is 3.17. The molecule has 0 saturated heterocycles. The smallest absolute Gasteiger partial charge is 0.150 e. The van der Waals surface area contributed by atoms with Crippen LogP contribution in [0.4, 0.5) is 0 Å². The van der Waals surface area contributed by atoms with Crippen molar-refractivity contribution in [2.75, 3.05) is 0 Å². The second-order valence-electron chi connectivity index (χ2n) is 4.45. The lowest BCUT2D eigenvalue weighted by atomic mass is 10.1. The van der Waals surface area contributed by atoms with Crippen molar-refractivity contribution in [3.05, 3.63) is 52.9 Å². The van der Waals surface area contributed by atoms with Gasteiger partial charge in [0, 0.05) is 12.1 Å². The lowest BCUT2D eigenvalue weighted by Gasteiger charge is -2.13. The summed E-state index contributed by atoms with van der Waals surface area (Å²) in [5, 5.41) is 7.28. The van der Waals surface area contributed by atoms with Crippen LogP contribution in [0.5, 0.6) is 0 Å². The van der Waals surface area contributed by atoms with Crippen molar-refractivity contribution in [2.24, 2.45) is 0 Å². The molecule has 1 unspecified atom stereocenters. The average Bonchev–Trinajstić information content (AvgIpc) is 2.73. The van der Waals surface area contributed by atoms with Crippen molar-refractivity contribution in [2.45, 2.75) is 33.4 Å². The van der Waals surface area contributed by atoms with E-state index in [0.29, 0.717) is 12.6 Å². The van der Waals surface area contributed by atoms with Gasteiger partial charge in [0.15, 0.2) is 5.76 Å². The van der Waals surface area contributed by atoms with Crippen LogP contribution >= 0.6 is 0 Å². The number of hydrogen-bond donors (Lipinski definition) is 1. The van der Waals surface area contributed by atoms with E-state index in [1.165, 1.54) is 11.1 Å². The van der Waals surface area contributed by atoms with E-state index in [2.05, 4.69) is 48.6 Å². The van der Waals surface area contributed by atoms with Gasteiger partial charge in [-0.15, -0.1) is 0 Å². The second kappa shape index (κ2) is 5.15. The highest BCUT2D eigenvalue weighted by atomic mass is 16.5. The SMILES string of the molecule is Cc1ccc(C(C)NCc2cc(C)no2)cc1. The minimum atomic E-state index is 0.306. The fraction of sp³-hybridized carbons (Fsp3) is 0.357. The van der Waals surface area contributed by atoms with Gasteiger partial charge in [-0.3, -0.25) is 0 Å². The molecule has 0 saturated carbocycles. The fourth-order valence-corrected chi connectivity index (χ4v) is 1.73. The molecule has 0 aliphatic rings. The summed E-state index contributed by atoms with van der Waals surface area (Å²) in [5.74, 6) is 0.876. The molecule has 1 heterocycles. The van der Waals surface area contributed by atoms with E-state index >= 15 is 0 Å². The van der Waals surface area contributed by atoms with Crippen molar-refractivity contribution >= 4 is 0 Å². The van der Waals surface area contributed by atoms with Crippen molar-refractivity contribution in [1.82, 2.24) is 10.5 Å². The number of benzene rings is 1. The molecular weight excluding hydrogens is 212 g/mol. The average molecular weight is 230 g/mol. The minimum Gasteiger partial charge on any atom is -0.360 e. The second-order valence-corrected chi connectivity index (χ2v) is 4.45. The summed E-state index contributed by atoms with van der Waals surface area (Å²) < 4.78 is 5.16. The molecule has 0 spiro atoms. The van der Waals surface area contributed by atoms with Gasteiger partial charge in [0.25, 0.3) is 0 Å². The molecule has 0 amide bonds. The Balaban J connectivity index is 1.93. The first-order chi connectivity index (χ1) is 8.15. The number of hydrogen-bond acceptors (Lipinski definition) is 3. The summed E-state index contributed by atoms with van der Waals surface area (Å²) in [6.45, 7) is 6.87. The fourth-order valence-electron chi connectivity index (χ4n) is 1.73. The normalized spacial score (nSPS) is 12.6. The van der Waals surface area contributed by atoms with Crippen LogP contribution in [-0.2, 0) is 6.54 Å². The van der Waals surface area contributed by atoms with Gasteiger partial charge in [-0.25, -0.2) is 0 Å². The van der Waals surface area contributed by atoms with E-state index in [9.17, 15) is 0 Å². The van der Waals surface area contributed by atoms with E-state index < -0.39 is 0 Å². The Morgan fingerprint density at radius 2 is 1.94 bits per heavy atom. The Kier molecular flexibility index (Phi) is 3.59. The lowest BCUT2D eigenvalue weighted by molar-refractivity contribution is 0.363. The van der Waals surface area contributed by atoms with Gasteiger partial charge in [0.05, 0.1) is 12.2 Å². The van der Waals surface area contributed by atoms with Crippen LogP contribution in [0.2, 0.25) is 0 Å². The molecule has 17 heavy (non-hydrogen) atoms. The Morgan fingerprint density at radius 3 is 2.53 bits per heavy atom. The lowest BCUT2D eigenvalue weighted by Crippen LogP contribution is -2.17. The van der Waals surface area contributed by atoms with E-state index in [1.807, 2.05) is 13.0 Å². The first-order valence-corrected chi connectivity index (χ1v) is 5.87. The minimum absolute atomic E-state index is 0.306. The Labute approximate surface area is 102 Å². The van der Waals surface area contributed by atoms with Gasteiger partial charge in [0.2, 0.25) is 0 Å². The van der Waals surface area contributed by atoms with E-state index in [0.717, 1.165) is 11.5 Å². The van der Waals surface area contributed by atoms with Crippen LogP contribution in [0.15, 0.2) is 34.9 Å². The molecule has 0 aliphatic heterocycles. The summed E-state index contributed by atoms with van der Waals surface area (Å²) >= 11 is 0. The van der Waals surface area contributed by atoms with Crippen LogP contribution in [0.3, 0.4) is 0 Å². The van der Waals surface area contributed by atoms with Gasteiger partial charge >= 0.3 is 0 Å². The van der Waals surface area contributed by atoms with E-state index in [4.69, 9.17) is 4.52 Å². The molecule has 0 aliphatic carbocycles. The van der Waals surface area contributed by atoms with Crippen LogP contribution in [0.1, 0.15) is 35.5 Å². The topological polar surface area (TPSA) is 38.1 Å². The molecule has 3 nitrogen and oxygen atoms in total. The molecule has 1 aromatic carbocycles. The van der Waals surface area contributed by atoms with Crippen molar-refractivity contribution in [3.63, 3.8) is 0 Å². The Hall–Kier alpha value is -1.61. The van der Waals surface area contributed by atoms with Crippen molar-refractivity contribution in [3.8, 4) is 0 Å². The van der Waals surface area contributed by atoms with Crippen molar-refractivity contribution < 1.29 is 4.52 Å². The first kappa shape index (κ1) is 11.9. The third-order valence-electron chi connectivity index (χ3n) is 2.84. The Morgan fingerprint density at radius 1 is 1.24 bits per heavy atom. The highest BCUT2D eigenvalue weighted by Crippen LogP contribution is 2.14.